The van der Waals surface area contributed by atoms with E-state index in [0.29, 0.717) is 5.92 Å². The summed E-state index contributed by atoms with van der Waals surface area (Å²) < 4.78 is 0. The van der Waals surface area contributed by atoms with Crippen molar-refractivity contribution in [3.63, 3.8) is 0 Å². The summed E-state index contributed by atoms with van der Waals surface area (Å²) in [5, 5.41) is 9.21. The van der Waals surface area contributed by atoms with E-state index in [4.69, 9.17) is 0 Å². The van der Waals surface area contributed by atoms with E-state index in [2.05, 4.69) is 50.8 Å². The number of nitrogens with zero attached hydrogens (tertiary/aromatic N) is 2. The van der Waals surface area contributed by atoms with Gasteiger partial charge in [-0.2, -0.15) is 5.26 Å². The Hall–Kier alpha value is -1.49. The number of benzene rings is 1. The van der Waals surface area contributed by atoms with Crippen molar-refractivity contribution in [2.75, 3.05) is 11.4 Å². The highest BCUT2D eigenvalue weighted by molar-refractivity contribution is 5.64. The fraction of sp³-hybridized carbons (Fsp3) is 0.588. The standard InChI is InChI=1S/C17H24N2/c1-6-7-19-16-8-12(2)14(11-18)9-15(16)13(3)10-17(19,4)5/h8-9,13H,6-7,10H2,1-5H3/t13-/m1/s1. The third-order valence-electron chi connectivity index (χ3n) is 4.30. The summed E-state index contributed by atoms with van der Waals surface area (Å²) in [6.45, 7) is 12.3. The van der Waals surface area contributed by atoms with Crippen LogP contribution in [0.2, 0.25) is 0 Å². The maximum atomic E-state index is 9.21. The number of anilines is 1. The van der Waals surface area contributed by atoms with Crippen molar-refractivity contribution in [1.29, 1.82) is 5.26 Å². The highest BCUT2D eigenvalue weighted by atomic mass is 15.2. The second-order valence-electron chi connectivity index (χ2n) is 6.41. The number of nitriles is 1. The van der Waals surface area contributed by atoms with Gasteiger partial charge in [-0.25, -0.2) is 0 Å². The molecule has 1 atom stereocenters. The number of fused-ring (bicyclic) bond motifs is 1. The highest BCUT2D eigenvalue weighted by Crippen LogP contribution is 2.44. The summed E-state index contributed by atoms with van der Waals surface area (Å²) in [4.78, 5) is 2.52. The molecule has 1 aromatic rings. The van der Waals surface area contributed by atoms with Crippen molar-refractivity contribution in [3.8, 4) is 6.07 Å². The lowest BCUT2D eigenvalue weighted by molar-refractivity contribution is 0.376. The van der Waals surface area contributed by atoms with Crippen LogP contribution in [0.25, 0.3) is 0 Å². The summed E-state index contributed by atoms with van der Waals surface area (Å²) in [6.07, 6.45) is 2.30. The van der Waals surface area contributed by atoms with Crippen LogP contribution in [0.3, 0.4) is 0 Å². The minimum Gasteiger partial charge on any atom is -0.366 e. The molecule has 2 heteroatoms. The van der Waals surface area contributed by atoms with Crippen LogP contribution >= 0.6 is 0 Å². The number of hydrogen-bond acceptors (Lipinski definition) is 2. The molecule has 0 bridgehead atoms. The first-order valence-corrected chi connectivity index (χ1v) is 7.23. The summed E-state index contributed by atoms with van der Waals surface area (Å²) in [5.41, 5.74) is 4.79. The molecule has 1 aromatic carbocycles. The normalized spacial score (nSPS) is 20.8. The van der Waals surface area contributed by atoms with Gasteiger partial charge >= 0.3 is 0 Å². The minimum absolute atomic E-state index is 0.197. The van der Waals surface area contributed by atoms with E-state index in [9.17, 15) is 5.26 Å². The van der Waals surface area contributed by atoms with Crippen LogP contribution in [-0.4, -0.2) is 12.1 Å². The average molecular weight is 256 g/mol. The Bertz CT molecular complexity index is 523. The third kappa shape index (κ3) is 2.34. The molecule has 0 saturated heterocycles. The monoisotopic (exact) mass is 256 g/mol. The molecule has 0 unspecified atom stereocenters. The lowest BCUT2D eigenvalue weighted by Crippen LogP contribution is -2.48. The molecule has 2 rings (SSSR count). The predicted octanol–water partition coefficient (Wildman–Crippen LogP) is 4.37. The van der Waals surface area contributed by atoms with E-state index >= 15 is 0 Å². The fourth-order valence-corrected chi connectivity index (χ4v) is 3.40. The number of aryl methyl sites for hydroxylation is 1. The van der Waals surface area contributed by atoms with Crippen molar-refractivity contribution in [2.45, 2.75) is 58.9 Å². The largest absolute Gasteiger partial charge is 0.366 e. The van der Waals surface area contributed by atoms with Gasteiger partial charge in [-0.1, -0.05) is 13.8 Å². The lowest BCUT2D eigenvalue weighted by Gasteiger charge is -2.47. The molecule has 0 fully saturated rings. The van der Waals surface area contributed by atoms with Crippen LogP contribution < -0.4 is 4.90 Å². The Labute approximate surface area is 117 Å². The van der Waals surface area contributed by atoms with Crippen molar-refractivity contribution in [1.82, 2.24) is 0 Å². The Morgan fingerprint density at radius 3 is 2.68 bits per heavy atom. The lowest BCUT2D eigenvalue weighted by atomic mass is 9.79. The number of hydrogen-bond donors (Lipinski definition) is 0. The second kappa shape index (κ2) is 4.89. The van der Waals surface area contributed by atoms with Crippen LogP contribution in [0.1, 0.15) is 63.1 Å². The first-order valence-electron chi connectivity index (χ1n) is 7.23. The van der Waals surface area contributed by atoms with Gasteiger partial charge < -0.3 is 4.90 Å². The zero-order chi connectivity index (χ0) is 14.2. The molecule has 19 heavy (non-hydrogen) atoms. The van der Waals surface area contributed by atoms with Gasteiger partial charge in [-0.3, -0.25) is 0 Å². The van der Waals surface area contributed by atoms with E-state index in [-0.39, 0.29) is 5.54 Å². The molecular formula is C17H24N2. The summed E-state index contributed by atoms with van der Waals surface area (Å²) in [5.74, 6) is 0.519. The topological polar surface area (TPSA) is 27.0 Å². The SMILES string of the molecule is CCCN1c2cc(C)c(C#N)cc2[C@H](C)CC1(C)C. The van der Waals surface area contributed by atoms with Crippen LogP contribution in [0, 0.1) is 18.3 Å². The molecule has 1 aliphatic heterocycles. The molecule has 102 valence electrons. The Morgan fingerprint density at radius 1 is 1.42 bits per heavy atom. The summed E-state index contributed by atoms with van der Waals surface area (Å²) >= 11 is 0. The molecule has 2 nitrogen and oxygen atoms in total. The van der Waals surface area contributed by atoms with Crippen molar-refractivity contribution in [3.05, 3.63) is 28.8 Å². The molecular weight excluding hydrogens is 232 g/mol. The van der Waals surface area contributed by atoms with Crippen LogP contribution in [0.4, 0.5) is 5.69 Å². The Morgan fingerprint density at radius 2 is 2.11 bits per heavy atom. The minimum atomic E-state index is 0.197. The Balaban J connectivity index is 2.59. The molecule has 0 spiro atoms. The smallest absolute Gasteiger partial charge is 0.0994 e. The number of rotatable bonds is 2. The third-order valence-corrected chi connectivity index (χ3v) is 4.30. The van der Waals surface area contributed by atoms with E-state index in [0.717, 1.165) is 30.5 Å². The molecule has 0 saturated carbocycles. The zero-order valence-electron chi connectivity index (χ0n) is 12.7. The first kappa shape index (κ1) is 13.9. The molecule has 0 radical (unpaired) electrons. The van der Waals surface area contributed by atoms with Gasteiger partial charge in [0.05, 0.1) is 11.6 Å². The van der Waals surface area contributed by atoms with Gasteiger partial charge in [-0.05, 0) is 62.8 Å². The Kier molecular flexibility index (Phi) is 3.58. The molecule has 0 aliphatic carbocycles. The molecule has 1 aliphatic rings. The van der Waals surface area contributed by atoms with Crippen LogP contribution in [-0.2, 0) is 0 Å². The molecule has 0 amide bonds. The van der Waals surface area contributed by atoms with Gasteiger partial charge in [0.2, 0.25) is 0 Å². The van der Waals surface area contributed by atoms with E-state index in [1.54, 1.807) is 0 Å². The summed E-state index contributed by atoms with van der Waals surface area (Å²) in [7, 11) is 0. The van der Waals surface area contributed by atoms with Gasteiger partial charge in [-0.15, -0.1) is 0 Å². The van der Waals surface area contributed by atoms with Crippen molar-refractivity contribution < 1.29 is 0 Å². The highest BCUT2D eigenvalue weighted by Gasteiger charge is 2.36. The summed E-state index contributed by atoms with van der Waals surface area (Å²) in [6, 6.07) is 6.63. The van der Waals surface area contributed by atoms with E-state index in [1.807, 2.05) is 6.92 Å². The molecule has 0 aromatic heterocycles. The maximum Gasteiger partial charge on any atom is 0.0994 e. The van der Waals surface area contributed by atoms with E-state index < -0.39 is 0 Å². The average Bonchev–Trinajstić information content (AvgIpc) is 2.33. The van der Waals surface area contributed by atoms with Crippen molar-refractivity contribution >= 4 is 5.69 Å². The quantitative estimate of drug-likeness (QED) is 0.785. The van der Waals surface area contributed by atoms with Crippen LogP contribution in [0.15, 0.2) is 12.1 Å². The van der Waals surface area contributed by atoms with Gasteiger partial charge in [0.15, 0.2) is 0 Å². The van der Waals surface area contributed by atoms with E-state index in [1.165, 1.54) is 11.3 Å². The van der Waals surface area contributed by atoms with Crippen molar-refractivity contribution in [2.24, 2.45) is 0 Å². The van der Waals surface area contributed by atoms with Gasteiger partial charge in [0.25, 0.3) is 0 Å². The first-order chi connectivity index (χ1) is 8.90. The zero-order valence-corrected chi connectivity index (χ0v) is 12.7. The van der Waals surface area contributed by atoms with Gasteiger partial charge in [0.1, 0.15) is 0 Å². The second-order valence-corrected chi connectivity index (χ2v) is 6.41. The van der Waals surface area contributed by atoms with Crippen LogP contribution in [0.5, 0.6) is 0 Å². The predicted molar refractivity (Wildman–Crippen MR) is 80.6 cm³/mol. The molecule has 0 N–H and O–H groups in total. The maximum absolute atomic E-state index is 9.21. The molecule has 1 heterocycles. The van der Waals surface area contributed by atoms with Gasteiger partial charge in [0, 0.05) is 17.8 Å². The fourth-order valence-electron chi connectivity index (χ4n) is 3.40.